The van der Waals surface area contributed by atoms with Gasteiger partial charge in [-0.25, -0.2) is 9.18 Å². The SMILES string of the molecule is C=CC(=O)OC1CCCCC1C(O)(CF)C(F)(F)F. The summed E-state index contributed by atoms with van der Waals surface area (Å²) in [5, 5.41) is 9.62. The van der Waals surface area contributed by atoms with Crippen LogP contribution in [0.5, 0.6) is 0 Å². The van der Waals surface area contributed by atoms with Crippen molar-refractivity contribution in [1.82, 2.24) is 0 Å². The molecule has 0 amide bonds. The molecule has 7 heteroatoms. The Balaban J connectivity index is 2.97. The first-order chi connectivity index (χ1) is 8.76. The largest absolute Gasteiger partial charge is 0.459 e. The van der Waals surface area contributed by atoms with Crippen molar-refractivity contribution in [2.45, 2.75) is 43.6 Å². The summed E-state index contributed by atoms with van der Waals surface area (Å²) in [7, 11) is 0. The van der Waals surface area contributed by atoms with Gasteiger partial charge in [0.15, 0.2) is 5.60 Å². The number of rotatable bonds is 4. The Morgan fingerprint density at radius 2 is 1.95 bits per heavy atom. The topological polar surface area (TPSA) is 46.5 Å². The van der Waals surface area contributed by atoms with Gasteiger partial charge in [-0.2, -0.15) is 13.2 Å². The van der Waals surface area contributed by atoms with Crippen molar-refractivity contribution in [2.75, 3.05) is 6.67 Å². The van der Waals surface area contributed by atoms with Crippen molar-refractivity contribution < 1.29 is 32.2 Å². The van der Waals surface area contributed by atoms with Gasteiger partial charge in [0.25, 0.3) is 0 Å². The molecule has 0 heterocycles. The second-order valence-corrected chi connectivity index (χ2v) is 4.63. The summed E-state index contributed by atoms with van der Waals surface area (Å²) < 4.78 is 56.1. The molecule has 0 aromatic rings. The van der Waals surface area contributed by atoms with E-state index in [1.54, 1.807) is 0 Å². The van der Waals surface area contributed by atoms with Crippen LogP contribution >= 0.6 is 0 Å². The molecule has 3 atom stereocenters. The molecular formula is C12H16F4O3. The predicted octanol–water partition coefficient (Wildman–Crippen LogP) is 2.54. The van der Waals surface area contributed by atoms with E-state index in [1.807, 2.05) is 0 Å². The van der Waals surface area contributed by atoms with Gasteiger partial charge < -0.3 is 9.84 Å². The highest BCUT2D eigenvalue weighted by atomic mass is 19.4. The molecule has 0 spiro atoms. The molecule has 0 aromatic heterocycles. The molecule has 1 aliphatic carbocycles. The summed E-state index contributed by atoms with van der Waals surface area (Å²) in [6.07, 6.45) is -4.33. The van der Waals surface area contributed by atoms with Gasteiger partial charge in [0, 0.05) is 12.0 Å². The lowest BCUT2D eigenvalue weighted by molar-refractivity contribution is -0.297. The van der Waals surface area contributed by atoms with Crippen LogP contribution in [0, 0.1) is 5.92 Å². The summed E-state index contributed by atoms with van der Waals surface area (Å²) in [4.78, 5) is 11.1. The molecule has 0 radical (unpaired) electrons. The Hall–Kier alpha value is -1.11. The second kappa shape index (κ2) is 5.90. The first kappa shape index (κ1) is 15.9. The standard InChI is InChI=1S/C12H16F4O3/c1-2-10(17)19-9-6-4-3-5-8(9)11(18,7-13)12(14,15)16/h2,8-9,18H,1,3-7H2. The molecule has 1 rings (SSSR count). The van der Waals surface area contributed by atoms with E-state index in [2.05, 4.69) is 6.58 Å². The zero-order valence-electron chi connectivity index (χ0n) is 10.3. The highest BCUT2D eigenvalue weighted by molar-refractivity contribution is 5.81. The number of hydrogen-bond donors (Lipinski definition) is 1. The zero-order valence-corrected chi connectivity index (χ0v) is 10.3. The monoisotopic (exact) mass is 284 g/mol. The van der Waals surface area contributed by atoms with E-state index in [9.17, 15) is 27.5 Å². The van der Waals surface area contributed by atoms with Crippen molar-refractivity contribution in [3.8, 4) is 0 Å². The predicted molar refractivity (Wildman–Crippen MR) is 59.0 cm³/mol. The van der Waals surface area contributed by atoms with Crippen LogP contribution in [0.1, 0.15) is 25.7 Å². The smallest absolute Gasteiger partial charge is 0.420 e. The highest BCUT2D eigenvalue weighted by Crippen LogP contribution is 2.44. The average Bonchev–Trinajstić information content (AvgIpc) is 2.37. The number of halogens is 4. The molecule has 1 fully saturated rings. The minimum Gasteiger partial charge on any atom is -0.459 e. The molecule has 3 unspecified atom stereocenters. The maximum atomic E-state index is 12.8. The first-order valence-corrected chi connectivity index (χ1v) is 5.94. The number of alkyl halides is 4. The fraction of sp³-hybridized carbons (Fsp3) is 0.750. The fourth-order valence-corrected chi connectivity index (χ4v) is 2.37. The molecule has 19 heavy (non-hydrogen) atoms. The van der Waals surface area contributed by atoms with E-state index in [4.69, 9.17) is 4.74 Å². The number of esters is 1. The zero-order chi connectivity index (χ0) is 14.7. The molecule has 0 aromatic carbocycles. The van der Waals surface area contributed by atoms with Crippen molar-refractivity contribution in [1.29, 1.82) is 0 Å². The van der Waals surface area contributed by atoms with Crippen molar-refractivity contribution >= 4 is 5.97 Å². The molecule has 1 saturated carbocycles. The van der Waals surface area contributed by atoms with Crippen molar-refractivity contribution in [2.24, 2.45) is 5.92 Å². The van der Waals surface area contributed by atoms with E-state index < -0.39 is 36.4 Å². The van der Waals surface area contributed by atoms with Crippen molar-refractivity contribution in [3.05, 3.63) is 12.7 Å². The maximum Gasteiger partial charge on any atom is 0.420 e. The van der Waals surface area contributed by atoms with Gasteiger partial charge >= 0.3 is 12.1 Å². The van der Waals surface area contributed by atoms with Crippen LogP contribution in [-0.4, -0.2) is 35.6 Å². The van der Waals surface area contributed by atoms with E-state index in [-0.39, 0.29) is 12.8 Å². The summed E-state index contributed by atoms with van der Waals surface area (Å²) in [6.45, 7) is 1.19. The van der Waals surface area contributed by atoms with Crippen LogP contribution in [0.4, 0.5) is 17.6 Å². The van der Waals surface area contributed by atoms with Gasteiger partial charge in [0.2, 0.25) is 0 Å². The number of carbonyl (C=O) groups is 1. The third-order valence-electron chi connectivity index (χ3n) is 3.44. The van der Waals surface area contributed by atoms with Gasteiger partial charge in [0.1, 0.15) is 12.8 Å². The summed E-state index contributed by atoms with van der Waals surface area (Å²) in [6, 6.07) is 0. The second-order valence-electron chi connectivity index (χ2n) is 4.63. The molecule has 3 nitrogen and oxygen atoms in total. The lowest BCUT2D eigenvalue weighted by Gasteiger charge is -2.41. The van der Waals surface area contributed by atoms with E-state index in [0.29, 0.717) is 12.8 Å². The Kier molecular flexibility index (Phi) is 4.95. The number of carbonyl (C=O) groups excluding carboxylic acids is 1. The normalized spacial score (nSPS) is 27.4. The Bertz CT molecular complexity index is 342. The van der Waals surface area contributed by atoms with Gasteiger partial charge in [-0.15, -0.1) is 0 Å². The van der Waals surface area contributed by atoms with Crippen LogP contribution in [0.2, 0.25) is 0 Å². The molecule has 1 aliphatic rings. The van der Waals surface area contributed by atoms with E-state index >= 15 is 0 Å². The number of aliphatic hydroxyl groups is 1. The third kappa shape index (κ3) is 3.26. The fourth-order valence-electron chi connectivity index (χ4n) is 2.37. The summed E-state index contributed by atoms with van der Waals surface area (Å²) in [5.74, 6) is -2.37. The average molecular weight is 284 g/mol. The Morgan fingerprint density at radius 3 is 2.42 bits per heavy atom. The highest BCUT2D eigenvalue weighted by Gasteiger charge is 2.61. The Morgan fingerprint density at radius 1 is 1.37 bits per heavy atom. The van der Waals surface area contributed by atoms with Crippen LogP contribution in [0.15, 0.2) is 12.7 Å². The van der Waals surface area contributed by atoms with Crippen molar-refractivity contribution in [3.63, 3.8) is 0 Å². The van der Waals surface area contributed by atoms with Crippen LogP contribution in [0.3, 0.4) is 0 Å². The Labute approximate surface area is 108 Å². The molecular weight excluding hydrogens is 268 g/mol. The molecule has 1 N–H and O–H groups in total. The van der Waals surface area contributed by atoms with Gasteiger partial charge in [-0.1, -0.05) is 13.0 Å². The quantitative estimate of drug-likeness (QED) is 0.490. The summed E-state index contributed by atoms with van der Waals surface area (Å²) >= 11 is 0. The van der Waals surface area contributed by atoms with Crippen LogP contribution in [-0.2, 0) is 9.53 Å². The third-order valence-corrected chi connectivity index (χ3v) is 3.44. The van der Waals surface area contributed by atoms with Gasteiger partial charge in [-0.05, 0) is 19.3 Å². The van der Waals surface area contributed by atoms with Crippen LogP contribution < -0.4 is 0 Å². The lowest BCUT2D eigenvalue weighted by Crippen LogP contribution is -2.58. The summed E-state index contributed by atoms with van der Waals surface area (Å²) in [5.41, 5.74) is -3.47. The molecule has 0 bridgehead atoms. The minimum absolute atomic E-state index is 0.0466. The first-order valence-electron chi connectivity index (χ1n) is 5.94. The number of ether oxygens (including phenoxy) is 1. The van der Waals surface area contributed by atoms with Gasteiger partial charge in [0.05, 0.1) is 0 Å². The van der Waals surface area contributed by atoms with Gasteiger partial charge in [-0.3, -0.25) is 0 Å². The molecule has 110 valence electrons. The van der Waals surface area contributed by atoms with E-state index in [0.717, 1.165) is 6.08 Å². The maximum absolute atomic E-state index is 12.8. The minimum atomic E-state index is -5.11. The van der Waals surface area contributed by atoms with E-state index in [1.165, 1.54) is 0 Å². The lowest BCUT2D eigenvalue weighted by atomic mass is 9.75. The molecule has 0 aliphatic heterocycles. The molecule has 0 saturated heterocycles. The number of hydrogen-bond acceptors (Lipinski definition) is 3. The van der Waals surface area contributed by atoms with Crippen LogP contribution in [0.25, 0.3) is 0 Å².